The molecular formula is C24H33NO3. The number of benzene rings is 1. The highest BCUT2D eigenvalue weighted by Gasteiger charge is 2.32. The van der Waals surface area contributed by atoms with Crippen molar-refractivity contribution in [2.45, 2.75) is 69.9 Å². The van der Waals surface area contributed by atoms with Crippen LogP contribution >= 0.6 is 0 Å². The van der Waals surface area contributed by atoms with Gasteiger partial charge in [0.1, 0.15) is 5.75 Å². The van der Waals surface area contributed by atoms with Crippen LogP contribution in [0.15, 0.2) is 36.4 Å². The van der Waals surface area contributed by atoms with Crippen LogP contribution in [0, 0.1) is 5.92 Å². The number of carbonyl (C=O) groups excluding carboxylic acids is 1. The second kappa shape index (κ2) is 9.13. The number of piperidine rings is 1. The van der Waals surface area contributed by atoms with Crippen molar-refractivity contribution in [2.24, 2.45) is 5.92 Å². The van der Waals surface area contributed by atoms with Crippen LogP contribution < -0.4 is 4.74 Å². The van der Waals surface area contributed by atoms with Crippen LogP contribution in [-0.2, 0) is 9.53 Å². The van der Waals surface area contributed by atoms with E-state index in [0.717, 1.165) is 38.0 Å². The van der Waals surface area contributed by atoms with E-state index in [1.54, 1.807) is 6.08 Å². The fourth-order valence-electron chi connectivity index (χ4n) is 4.96. The molecule has 1 aromatic rings. The first-order valence-electron chi connectivity index (χ1n) is 11.0. The molecule has 2 fully saturated rings. The second-order valence-electron chi connectivity index (χ2n) is 8.64. The molecule has 0 N–H and O–H groups in total. The van der Waals surface area contributed by atoms with Gasteiger partial charge in [-0.2, -0.15) is 0 Å². The average molecular weight is 384 g/mol. The van der Waals surface area contributed by atoms with Crippen molar-refractivity contribution in [1.82, 2.24) is 4.90 Å². The van der Waals surface area contributed by atoms with Gasteiger partial charge in [0.2, 0.25) is 5.91 Å². The number of rotatable bonds is 0. The van der Waals surface area contributed by atoms with Crippen LogP contribution in [-0.4, -0.2) is 42.7 Å². The summed E-state index contributed by atoms with van der Waals surface area (Å²) < 4.78 is 12.3. The summed E-state index contributed by atoms with van der Waals surface area (Å²) in [5, 5.41) is 0. The summed E-state index contributed by atoms with van der Waals surface area (Å²) in [5.74, 6) is 2.15. The molecule has 28 heavy (non-hydrogen) atoms. The van der Waals surface area contributed by atoms with E-state index in [0.29, 0.717) is 31.2 Å². The fourth-order valence-corrected chi connectivity index (χ4v) is 4.96. The molecule has 1 amide bonds. The summed E-state index contributed by atoms with van der Waals surface area (Å²) >= 11 is 0. The van der Waals surface area contributed by atoms with E-state index in [1.165, 1.54) is 24.8 Å². The lowest BCUT2D eigenvalue weighted by Gasteiger charge is -2.40. The number of fused-ring (bicyclic) bond motifs is 7. The van der Waals surface area contributed by atoms with Crippen LogP contribution in [0.25, 0.3) is 0 Å². The molecule has 2 atom stereocenters. The molecule has 152 valence electrons. The van der Waals surface area contributed by atoms with Crippen molar-refractivity contribution in [3.63, 3.8) is 0 Å². The lowest BCUT2D eigenvalue weighted by molar-refractivity contribution is -0.134. The molecule has 4 bridgehead atoms. The molecule has 4 heteroatoms. The Morgan fingerprint density at radius 3 is 2.82 bits per heavy atom. The standard InChI is InChI=1S/C24H33NO3/c1-18-6-5-14-25-23(18)17-28-21-12-10-19(11-13-21)20-7-4-8-22(16-20)27-15-3-2-9-24(25)26/h2,4,7-9,16,18-19,21,23H,3,5-6,10-15,17H2,1H3/b9-2+. The second-order valence-corrected chi connectivity index (χ2v) is 8.64. The lowest BCUT2D eigenvalue weighted by atomic mass is 9.82. The molecule has 5 rings (SSSR count). The Balaban J connectivity index is 1.51. The third kappa shape index (κ3) is 4.60. The number of nitrogens with zero attached hydrogens (tertiary/aromatic N) is 1. The Labute approximate surface area is 168 Å². The molecular weight excluding hydrogens is 350 g/mol. The highest BCUT2D eigenvalue weighted by Crippen LogP contribution is 2.36. The number of hydrogen-bond acceptors (Lipinski definition) is 3. The van der Waals surface area contributed by atoms with Gasteiger partial charge in [-0.05, 0) is 80.6 Å². The van der Waals surface area contributed by atoms with Gasteiger partial charge in [0.05, 0.1) is 25.4 Å². The zero-order valence-corrected chi connectivity index (χ0v) is 17.0. The molecule has 3 aliphatic heterocycles. The maximum absolute atomic E-state index is 12.8. The summed E-state index contributed by atoms with van der Waals surface area (Å²) in [7, 11) is 0. The minimum Gasteiger partial charge on any atom is -0.493 e. The van der Waals surface area contributed by atoms with E-state index < -0.39 is 0 Å². The quantitative estimate of drug-likeness (QED) is 0.652. The monoisotopic (exact) mass is 383 g/mol. The minimum absolute atomic E-state index is 0.121. The van der Waals surface area contributed by atoms with Gasteiger partial charge in [0, 0.05) is 6.54 Å². The number of hydrogen-bond donors (Lipinski definition) is 0. The summed E-state index contributed by atoms with van der Waals surface area (Å²) in [6, 6.07) is 8.75. The molecule has 3 heterocycles. The van der Waals surface area contributed by atoms with Crippen LogP contribution in [0.5, 0.6) is 5.75 Å². The highest BCUT2D eigenvalue weighted by atomic mass is 16.5. The molecule has 1 saturated carbocycles. The van der Waals surface area contributed by atoms with E-state index in [2.05, 4.69) is 25.1 Å². The molecule has 0 spiro atoms. The maximum Gasteiger partial charge on any atom is 0.246 e. The molecule has 4 aliphatic rings. The van der Waals surface area contributed by atoms with E-state index in [-0.39, 0.29) is 11.9 Å². The SMILES string of the molecule is CC1CCCN2C(=O)/C=C/CCOc3cccc(c3)C3CCC(CC3)OCC12. The van der Waals surface area contributed by atoms with Crippen molar-refractivity contribution in [3.8, 4) is 5.75 Å². The molecule has 0 radical (unpaired) electrons. The maximum atomic E-state index is 12.8. The zero-order chi connectivity index (χ0) is 19.3. The number of carbonyl (C=O) groups is 1. The van der Waals surface area contributed by atoms with Crippen LogP contribution in [0.2, 0.25) is 0 Å². The first-order chi connectivity index (χ1) is 13.7. The average Bonchev–Trinajstić information content (AvgIpc) is 2.72. The molecule has 1 aliphatic carbocycles. The van der Waals surface area contributed by atoms with Gasteiger partial charge in [-0.1, -0.05) is 25.1 Å². The summed E-state index contributed by atoms with van der Waals surface area (Å²) in [5.41, 5.74) is 1.39. The van der Waals surface area contributed by atoms with Crippen molar-refractivity contribution in [2.75, 3.05) is 19.8 Å². The summed E-state index contributed by atoms with van der Waals surface area (Å²) in [4.78, 5) is 14.8. The highest BCUT2D eigenvalue weighted by molar-refractivity contribution is 5.87. The largest absolute Gasteiger partial charge is 0.493 e. The van der Waals surface area contributed by atoms with Crippen LogP contribution in [0.1, 0.15) is 63.4 Å². The van der Waals surface area contributed by atoms with Crippen molar-refractivity contribution in [1.29, 1.82) is 0 Å². The van der Waals surface area contributed by atoms with Gasteiger partial charge in [-0.25, -0.2) is 0 Å². The normalized spacial score (nSPS) is 32.9. The third-order valence-corrected chi connectivity index (χ3v) is 6.72. The number of amides is 1. The zero-order valence-electron chi connectivity index (χ0n) is 17.0. The predicted octanol–water partition coefficient (Wildman–Crippen LogP) is 4.70. The van der Waals surface area contributed by atoms with E-state index in [1.807, 2.05) is 17.0 Å². The molecule has 1 saturated heterocycles. The minimum atomic E-state index is 0.121. The summed E-state index contributed by atoms with van der Waals surface area (Å²) in [6.07, 6.45) is 11.5. The smallest absolute Gasteiger partial charge is 0.246 e. The third-order valence-electron chi connectivity index (χ3n) is 6.72. The van der Waals surface area contributed by atoms with Gasteiger partial charge in [0.15, 0.2) is 0 Å². The van der Waals surface area contributed by atoms with Gasteiger partial charge < -0.3 is 14.4 Å². The Hall–Kier alpha value is -1.81. The molecule has 1 aromatic carbocycles. The predicted molar refractivity (Wildman–Crippen MR) is 111 cm³/mol. The Morgan fingerprint density at radius 2 is 1.96 bits per heavy atom. The Morgan fingerprint density at radius 1 is 1.11 bits per heavy atom. The first kappa shape index (κ1) is 19.5. The topological polar surface area (TPSA) is 38.8 Å². The van der Waals surface area contributed by atoms with E-state index in [4.69, 9.17) is 9.47 Å². The fraction of sp³-hybridized carbons (Fsp3) is 0.625. The van der Waals surface area contributed by atoms with Crippen LogP contribution in [0.3, 0.4) is 0 Å². The number of ether oxygens (including phenoxy) is 2. The van der Waals surface area contributed by atoms with Gasteiger partial charge in [0.25, 0.3) is 0 Å². The van der Waals surface area contributed by atoms with Crippen LogP contribution in [0.4, 0.5) is 0 Å². The molecule has 0 aromatic heterocycles. The van der Waals surface area contributed by atoms with E-state index in [9.17, 15) is 4.79 Å². The lowest BCUT2D eigenvalue weighted by Crippen LogP contribution is -2.50. The first-order valence-corrected chi connectivity index (χ1v) is 11.0. The molecule has 4 nitrogen and oxygen atoms in total. The van der Waals surface area contributed by atoms with Crippen molar-refractivity contribution < 1.29 is 14.3 Å². The van der Waals surface area contributed by atoms with Gasteiger partial charge >= 0.3 is 0 Å². The van der Waals surface area contributed by atoms with E-state index >= 15 is 0 Å². The summed E-state index contributed by atoms with van der Waals surface area (Å²) in [6.45, 7) is 4.38. The van der Waals surface area contributed by atoms with Crippen molar-refractivity contribution in [3.05, 3.63) is 42.0 Å². The Bertz CT molecular complexity index is 693. The van der Waals surface area contributed by atoms with Gasteiger partial charge in [-0.3, -0.25) is 4.79 Å². The van der Waals surface area contributed by atoms with Crippen molar-refractivity contribution >= 4 is 5.91 Å². The molecule has 2 unspecified atom stereocenters. The van der Waals surface area contributed by atoms with Gasteiger partial charge in [-0.15, -0.1) is 0 Å². The Kier molecular flexibility index (Phi) is 6.36.